The van der Waals surface area contributed by atoms with Crippen LogP contribution in [-0.2, 0) is 4.79 Å². The molecule has 13 heavy (non-hydrogen) atoms. The van der Waals surface area contributed by atoms with Crippen molar-refractivity contribution in [3.63, 3.8) is 0 Å². The van der Waals surface area contributed by atoms with Crippen molar-refractivity contribution in [1.29, 1.82) is 0 Å². The Labute approximate surface area is 80.5 Å². The van der Waals surface area contributed by atoms with Crippen molar-refractivity contribution in [1.82, 2.24) is 0 Å². The van der Waals surface area contributed by atoms with Crippen LogP contribution in [0.15, 0.2) is 18.2 Å². The first-order valence-corrected chi connectivity index (χ1v) is 3.85. The highest BCUT2D eigenvalue weighted by atomic mass is 35.5. The van der Waals surface area contributed by atoms with Gasteiger partial charge in [0.05, 0.1) is 5.02 Å². The van der Waals surface area contributed by atoms with Crippen LogP contribution < -0.4 is 0 Å². The maximum absolute atomic E-state index is 10.4. The van der Waals surface area contributed by atoms with Crippen LogP contribution in [-0.4, -0.2) is 12.6 Å². The Morgan fingerprint density at radius 1 is 1.31 bits per heavy atom. The molecule has 0 saturated heterocycles. The number of carbonyl (C=O) groups excluding carboxylic acids is 2. The van der Waals surface area contributed by atoms with E-state index in [0.29, 0.717) is 28.7 Å². The summed E-state index contributed by atoms with van der Waals surface area (Å²) in [5.41, 5.74) is 0.970. The van der Waals surface area contributed by atoms with E-state index in [2.05, 4.69) is 11.8 Å². The zero-order chi connectivity index (χ0) is 9.68. The van der Waals surface area contributed by atoms with E-state index >= 15 is 0 Å². The van der Waals surface area contributed by atoms with E-state index < -0.39 is 0 Å². The second-order valence-electron chi connectivity index (χ2n) is 2.24. The summed E-state index contributed by atoms with van der Waals surface area (Å²) in [6.45, 7) is 0. The lowest BCUT2D eigenvalue weighted by atomic mass is 10.1. The van der Waals surface area contributed by atoms with Crippen molar-refractivity contribution < 1.29 is 9.59 Å². The molecule has 1 aromatic rings. The van der Waals surface area contributed by atoms with Gasteiger partial charge in [0, 0.05) is 11.1 Å². The highest BCUT2D eigenvalue weighted by molar-refractivity contribution is 6.31. The third kappa shape index (κ3) is 2.43. The van der Waals surface area contributed by atoms with Crippen LogP contribution >= 0.6 is 11.6 Å². The van der Waals surface area contributed by atoms with Gasteiger partial charge < -0.3 is 0 Å². The fourth-order valence-corrected chi connectivity index (χ4v) is 0.984. The van der Waals surface area contributed by atoms with Crippen LogP contribution in [0.4, 0.5) is 0 Å². The highest BCUT2D eigenvalue weighted by Crippen LogP contribution is 2.15. The van der Waals surface area contributed by atoms with Crippen LogP contribution in [0.25, 0.3) is 0 Å². The van der Waals surface area contributed by atoms with E-state index in [4.69, 9.17) is 11.6 Å². The van der Waals surface area contributed by atoms with Crippen molar-refractivity contribution in [3.8, 4) is 11.8 Å². The van der Waals surface area contributed by atoms with Gasteiger partial charge in [-0.3, -0.25) is 9.59 Å². The van der Waals surface area contributed by atoms with Crippen LogP contribution in [0.2, 0.25) is 5.02 Å². The highest BCUT2D eigenvalue weighted by Gasteiger charge is 1.97. The number of halogens is 1. The summed E-state index contributed by atoms with van der Waals surface area (Å²) in [7, 11) is 0. The average molecular weight is 193 g/mol. The molecular formula is C10H5ClO2. The van der Waals surface area contributed by atoms with Crippen LogP contribution in [0.3, 0.4) is 0 Å². The summed E-state index contributed by atoms with van der Waals surface area (Å²) in [6.07, 6.45) is 1.17. The maximum atomic E-state index is 10.4. The van der Waals surface area contributed by atoms with E-state index in [1.807, 2.05) is 0 Å². The fraction of sp³-hybridized carbons (Fsp3) is 0. The van der Waals surface area contributed by atoms with Crippen molar-refractivity contribution in [3.05, 3.63) is 34.3 Å². The van der Waals surface area contributed by atoms with Gasteiger partial charge in [-0.25, -0.2) is 0 Å². The van der Waals surface area contributed by atoms with Gasteiger partial charge in [0.25, 0.3) is 0 Å². The second kappa shape index (κ2) is 4.44. The standard InChI is InChI=1S/C10H5ClO2/c11-10-4-3-8(7-13)6-9(10)2-1-5-12/h3-7H. The Hall–Kier alpha value is -1.59. The second-order valence-corrected chi connectivity index (χ2v) is 2.65. The van der Waals surface area contributed by atoms with Gasteiger partial charge in [0.15, 0.2) is 6.29 Å². The zero-order valence-corrected chi connectivity index (χ0v) is 7.34. The summed E-state index contributed by atoms with van der Waals surface area (Å²) in [4.78, 5) is 20.3. The normalized spacial score (nSPS) is 8.38. The summed E-state index contributed by atoms with van der Waals surface area (Å²) in [6, 6.07) is 4.69. The molecule has 0 N–H and O–H groups in total. The van der Waals surface area contributed by atoms with Crippen molar-refractivity contribution in [2.24, 2.45) is 0 Å². The van der Waals surface area contributed by atoms with Gasteiger partial charge in [-0.1, -0.05) is 23.6 Å². The Kier molecular flexibility index (Phi) is 3.24. The molecule has 1 rings (SSSR count). The van der Waals surface area contributed by atoms with Gasteiger partial charge in [0.2, 0.25) is 0 Å². The van der Waals surface area contributed by atoms with E-state index in [0.717, 1.165) is 0 Å². The lowest BCUT2D eigenvalue weighted by Gasteiger charge is -1.95. The van der Waals surface area contributed by atoms with Gasteiger partial charge in [-0.05, 0) is 18.1 Å². The molecule has 0 radical (unpaired) electrons. The first-order valence-electron chi connectivity index (χ1n) is 3.48. The molecule has 1 aromatic carbocycles. The average Bonchev–Trinajstić information content (AvgIpc) is 2.17. The van der Waals surface area contributed by atoms with Crippen molar-refractivity contribution in [2.45, 2.75) is 0 Å². The molecule has 0 heterocycles. The van der Waals surface area contributed by atoms with Crippen molar-refractivity contribution >= 4 is 24.2 Å². The summed E-state index contributed by atoms with van der Waals surface area (Å²) < 4.78 is 0. The Morgan fingerprint density at radius 2 is 2.08 bits per heavy atom. The van der Waals surface area contributed by atoms with E-state index in [1.54, 1.807) is 12.1 Å². The minimum Gasteiger partial charge on any atom is -0.298 e. The largest absolute Gasteiger partial charge is 0.298 e. The van der Waals surface area contributed by atoms with Crippen LogP contribution in [0.1, 0.15) is 15.9 Å². The Morgan fingerprint density at radius 3 is 2.69 bits per heavy atom. The SMILES string of the molecule is O=CC#Cc1cc(C=O)ccc1Cl. The Bertz CT molecular complexity index is 399. The molecule has 0 amide bonds. The van der Waals surface area contributed by atoms with E-state index in [-0.39, 0.29) is 0 Å². The summed E-state index contributed by atoms with van der Waals surface area (Å²) in [5, 5.41) is 0.431. The molecule has 3 heteroatoms. The molecule has 0 aliphatic rings. The molecule has 2 nitrogen and oxygen atoms in total. The number of benzene rings is 1. The van der Waals surface area contributed by atoms with Crippen LogP contribution in [0.5, 0.6) is 0 Å². The minimum absolute atomic E-state index is 0.431. The number of aldehydes is 2. The summed E-state index contributed by atoms with van der Waals surface area (Å²) in [5.74, 6) is 4.75. The Balaban J connectivity index is 3.18. The van der Waals surface area contributed by atoms with Gasteiger partial charge in [0.1, 0.15) is 6.29 Å². The first kappa shape index (κ1) is 9.50. The van der Waals surface area contributed by atoms with Crippen LogP contribution in [0, 0.1) is 11.8 Å². The lowest BCUT2D eigenvalue weighted by molar-refractivity contribution is -0.103. The maximum Gasteiger partial charge on any atom is 0.193 e. The monoisotopic (exact) mass is 192 g/mol. The molecule has 0 unspecified atom stereocenters. The molecule has 0 fully saturated rings. The predicted octanol–water partition coefficient (Wildman–Crippen LogP) is 1.70. The number of rotatable bonds is 1. The fourth-order valence-electron chi connectivity index (χ4n) is 0.819. The number of hydrogen-bond acceptors (Lipinski definition) is 2. The molecule has 0 aliphatic heterocycles. The molecule has 0 aromatic heterocycles. The minimum atomic E-state index is 0.431. The molecule has 0 bridgehead atoms. The quantitative estimate of drug-likeness (QED) is 0.501. The third-order valence-corrected chi connectivity index (χ3v) is 1.72. The first-order chi connectivity index (χ1) is 6.27. The topological polar surface area (TPSA) is 34.1 Å². The summed E-state index contributed by atoms with van der Waals surface area (Å²) >= 11 is 5.75. The van der Waals surface area contributed by atoms with Crippen molar-refractivity contribution in [2.75, 3.05) is 0 Å². The van der Waals surface area contributed by atoms with Gasteiger partial charge in [-0.15, -0.1) is 0 Å². The lowest BCUT2D eigenvalue weighted by Crippen LogP contribution is -1.83. The predicted molar refractivity (Wildman–Crippen MR) is 49.8 cm³/mol. The smallest absolute Gasteiger partial charge is 0.193 e. The molecule has 0 spiro atoms. The van der Waals surface area contributed by atoms with Gasteiger partial charge in [-0.2, -0.15) is 0 Å². The molecule has 0 aliphatic carbocycles. The van der Waals surface area contributed by atoms with Gasteiger partial charge >= 0.3 is 0 Å². The van der Waals surface area contributed by atoms with E-state index in [9.17, 15) is 9.59 Å². The molecule has 0 saturated carbocycles. The van der Waals surface area contributed by atoms with E-state index in [1.165, 1.54) is 6.07 Å². The zero-order valence-electron chi connectivity index (χ0n) is 6.58. The number of hydrogen-bond donors (Lipinski definition) is 0. The molecule has 0 atom stereocenters. The molecular weight excluding hydrogens is 188 g/mol. The number of carbonyl (C=O) groups is 2. The third-order valence-electron chi connectivity index (χ3n) is 1.39. The molecule has 64 valence electrons.